The van der Waals surface area contributed by atoms with Crippen molar-refractivity contribution in [2.24, 2.45) is 0 Å². The summed E-state index contributed by atoms with van der Waals surface area (Å²) in [7, 11) is 0. The van der Waals surface area contributed by atoms with E-state index in [1.165, 1.54) is 4.90 Å². The second-order valence-electron chi connectivity index (χ2n) is 8.82. The molecule has 4 aromatic rings. The number of nitrogens with zero attached hydrogens (tertiary/aromatic N) is 2. The molecule has 1 atom stereocenters. The summed E-state index contributed by atoms with van der Waals surface area (Å²) in [5.74, 6) is -0.125. The zero-order valence-electron chi connectivity index (χ0n) is 20.2. The van der Waals surface area contributed by atoms with Gasteiger partial charge in [0.05, 0.1) is 23.9 Å². The highest BCUT2D eigenvalue weighted by atomic mass is 16.5. The van der Waals surface area contributed by atoms with Gasteiger partial charge in [0, 0.05) is 12.6 Å². The number of aryl methyl sites for hydroxylation is 1. The Hall–Kier alpha value is -4.71. The van der Waals surface area contributed by atoms with Crippen molar-refractivity contribution in [3.8, 4) is 11.5 Å². The van der Waals surface area contributed by atoms with Crippen LogP contribution in [0.3, 0.4) is 0 Å². The van der Waals surface area contributed by atoms with E-state index in [1.807, 2.05) is 91.0 Å². The van der Waals surface area contributed by atoms with E-state index in [4.69, 9.17) is 4.74 Å². The summed E-state index contributed by atoms with van der Waals surface area (Å²) in [6, 6.07) is 31.0. The zero-order valence-corrected chi connectivity index (χ0v) is 20.2. The zero-order chi connectivity index (χ0) is 25.6. The van der Waals surface area contributed by atoms with Crippen LogP contribution in [0.15, 0.2) is 121 Å². The molecule has 2 heterocycles. The first kappa shape index (κ1) is 24.0. The number of pyridine rings is 1. The lowest BCUT2D eigenvalue weighted by Gasteiger charge is -2.27. The minimum Gasteiger partial charge on any atom is -0.503 e. The summed E-state index contributed by atoms with van der Waals surface area (Å²) in [4.78, 5) is 32.6. The number of hydrogen-bond acceptors (Lipinski definition) is 5. The van der Waals surface area contributed by atoms with Crippen molar-refractivity contribution in [3.63, 3.8) is 0 Å². The van der Waals surface area contributed by atoms with E-state index in [0.717, 1.165) is 5.56 Å². The molecule has 0 fully saturated rings. The summed E-state index contributed by atoms with van der Waals surface area (Å²) in [6.07, 6.45) is 2.33. The van der Waals surface area contributed by atoms with Crippen LogP contribution in [-0.2, 0) is 22.6 Å². The van der Waals surface area contributed by atoms with E-state index < -0.39 is 17.7 Å². The molecule has 6 heteroatoms. The van der Waals surface area contributed by atoms with Crippen LogP contribution < -0.4 is 4.74 Å². The maximum absolute atomic E-state index is 13.5. The molecule has 1 aliphatic heterocycles. The van der Waals surface area contributed by atoms with Crippen LogP contribution in [0.5, 0.6) is 11.5 Å². The maximum atomic E-state index is 13.5. The van der Waals surface area contributed by atoms with Crippen molar-refractivity contribution in [1.82, 2.24) is 9.88 Å². The quantitative estimate of drug-likeness (QED) is 0.313. The van der Waals surface area contributed by atoms with Gasteiger partial charge in [-0.15, -0.1) is 0 Å². The van der Waals surface area contributed by atoms with E-state index in [2.05, 4.69) is 4.98 Å². The molecule has 0 spiro atoms. The number of aliphatic hydroxyl groups is 1. The van der Waals surface area contributed by atoms with Gasteiger partial charge in [0.1, 0.15) is 11.5 Å². The molecule has 1 N–H and O–H groups in total. The van der Waals surface area contributed by atoms with Crippen molar-refractivity contribution >= 4 is 11.7 Å². The number of carbonyl (C=O) groups excluding carboxylic acids is 2. The third-order valence-corrected chi connectivity index (χ3v) is 6.30. The SMILES string of the molecule is O=C(CCc1ccccc1)C1=C(O)C(=O)N(Cc2ccccn2)C1c1cccc(Oc2ccccc2)c1. The lowest BCUT2D eigenvalue weighted by molar-refractivity contribution is -0.130. The third-order valence-electron chi connectivity index (χ3n) is 6.30. The van der Waals surface area contributed by atoms with Gasteiger partial charge in [-0.25, -0.2) is 0 Å². The topological polar surface area (TPSA) is 79.7 Å². The minimum absolute atomic E-state index is 0.105. The number of benzene rings is 3. The molecule has 0 saturated carbocycles. The molecule has 1 aromatic heterocycles. The Morgan fingerprint density at radius 3 is 2.30 bits per heavy atom. The van der Waals surface area contributed by atoms with Gasteiger partial charge >= 0.3 is 0 Å². The van der Waals surface area contributed by atoms with Crippen molar-refractivity contribution in [2.45, 2.75) is 25.4 Å². The second-order valence-corrected chi connectivity index (χ2v) is 8.82. The van der Waals surface area contributed by atoms with Crippen molar-refractivity contribution in [3.05, 3.63) is 137 Å². The van der Waals surface area contributed by atoms with Crippen molar-refractivity contribution in [2.75, 3.05) is 0 Å². The van der Waals surface area contributed by atoms with Gasteiger partial charge < -0.3 is 14.7 Å². The highest BCUT2D eigenvalue weighted by Gasteiger charge is 2.43. The Morgan fingerprint density at radius 2 is 1.57 bits per heavy atom. The summed E-state index contributed by atoms with van der Waals surface area (Å²) in [5.41, 5.74) is 2.45. The average Bonchev–Trinajstić information content (AvgIpc) is 3.19. The molecule has 0 saturated heterocycles. The van der Waals surface area contributed by atoms with E-state index in [1.54, 1.807) is 18.3 Å². The van der Waals surface area contributed by atoms with Gasteiger partial charge in [-0.2, -0.15) is 0 Å². The Kier molecular flexibility index (Phi) is 7.08. The predicted molar refractivity (Wildman–Crippen MR) is 140 cm³/mol. The molecule has 6 nitrogen and oxygen atoms in total. The Morgan fingerprint density at radius 1 is 0.865 bits per heavy atom. The first-order valence-electron chi connectivity index (χ1n) is 12.1. The molecular formula is C31H26N2O4. The Bertz CT molecular complexity index is 1420. The van der Waals surface area contributed by atoms with Gasteiger partial charge in [0.2, 0.25) is 0 Å². The molecule has 0 bridgehead atoms. The van der Waals surface area contributed by atoms with E-state index >= 15 is 0 Å². The minimum atomic E-state index is -0.767. The van der Waals surface area contributed by atoms with Gasteiger partial charge in [-0.1, -0.05) is 66.7 Å². The fourth-order valence-electron chi connectivity index (χ4n) is 4.52. The standard InChI is InChI=1S/C31H26N2O4/c34-27(18-17-22-10-3-1-4-11-22)28-29(33(31(36)30(28)35)21-24-13-7-8-19-32-24)23-12-9-16-26(20-23)37-25-14-5-2-6-15-25/h1-16,19-20,29,35H,17-18,21H2. The van der Waals surface area contributed by atoms with E-state index in [-0.39, 0.29) is 24.3 Å². The maximum Gasteiger partial charge on any atom is 0.290 e. The van der Waals surface area contributed by atoms with Crippen LogP contribution in [0.25, 0.3) is 0 Å². The van der Waals surface area contributed by atoms with Gasteiger partial charge in [-0.05, 0) is 53.9 Å². The summed E-state index contributed by atoms with van der Waals surface area (Å²) in [5, 5.41) is 10.9. The van der Waals surface area contributed by atoms with E-state index in [9.17, 15) is 14.7 Å². The van der Waals surface area contributed by atoms with Crippen molar-refractivity contribution in [1.29, 1.82) is 0 Å². The summed E-state index contributed by atoms with van der Waals surface area (Å²) in [6.45, 7) is 0.146. The number of rotatable bonds is 9. The monoisotopic (exact) mass is 490 g/mol. The Labute approximate surface area is 215 Å². The number of ether oxygens (including phenoxy) is 1. The number of aromatic nitrogens is 1. The molecule has 184 valence electrons. The van der Waals surface area contributed by atoms with Crippen LogP contribution in [0.2, 0.25) is 0 Å². The van der Waals surface area contributed by atoms with Crippen LogP contribution in [0.1, 0.15) is 29.3 Å². The average molecular weight is 491 g/mol. The smallest absolute Gasteiger partial charge is 0.290 e. The molecule has 1 unspecified atom stereocenters. The third kappa shape index (κ3) is 5.43. The molecular weight excluding hydrogens is 464 g/mol. The van der Waals surface area contributed by atoms with Crippen molar-refractivity contribution < 1.29 is 19.4 Å². The van der Waals surface area contributed by atoms with E-state index in [0.29, 0.717) is 29.2 Å². The number of hydrogen-bond donors (Lipinski definition) is 1. The molecule has 1 amide bonds. The number of aliphatic hydroxyl groups excluding tert-OH is 1. The number of ketones is 1. The van der Waals surface area contributed by atoms with Gasteiger partial charge in [0.25, 0.3) is 5.91 Å². The number of Topliss-reactive ketones (excluding diaryl/α,β-unsaturated/α-hetero) is 1. The normalized spacial score (nSPS) is 15.2. The lowest BCUT2D eigenvalue weighted by atomic mass is 9.93. The number of carbonyl (C=O) groups is 2. The number of amides is 1. The molecule has 37 heavy (non-hydrogen) atoms. The van der Waals surface area contributed by atoms with Gasteiger partial charge in [0.15, 0.2) is 11.5 Å². The fourth-order valence-corrected chi connectivity index (χ4v) is 4.52. The van der Waals surface area contributed by atoms with Crippen LogP contribution in [-0.4, -0.2) is 26.7 Å². The highest BCUT2D eigenvalue weighted by Crippen LogP contribution is 2.40. The van der Waals surface area contributed by atoms with Crippen LogP contribution >= 0.6 is 0 Å². The molecule has 5 rings (SSSR count). The summed E-state index contributed by atoms with van der Waals surface area (Å²) < 4.78 is 6.01. The predicted octanol–water partition coefficient (Wildman–Crippen LogP) is 5.97. The first-order chi connectivity index (χ1) is 18.1. The molecule has 3 aromatic carbocycles. The second kappa shape index (κ2) is 10.9. The molecule has 0 radical (unpaired) electrons. The Balaban J connectivity index is 1.48. The molecule has 1 aliphatic rings. The van der Waals surface area contributed by atoms with Gasteiger partial charge in [-0.3, -0.25) is 14.6 Å². The first-order valence-corrected chi connectivity index (χ1v) is 12.1. The van der Waals surface area contributed by atoms with Crippen LogP contribution in [0, 0.1) is 0 Å². The fraction of sp³-hybridized carbons (Fsp3) is 0.129. The number of para-hydroxylation sites is 1. The van der Waals surface area contributed by atoms with Crippen LogP contribution in [0.4, 0.5) is 0 Å². The molecule has 0 aliphatic carbocycles. The summed E-state index contributed by atoms with van der Waals surface area (Å²) >= 11 is 0. The lowest BCUT2D eigenvalue weighted by Crippen LogP contribution is -2.31. The highest BCUT2D eigenvalue weighted by molar-refractivity contribution is 6.09. The largest absolute Gasteiger partial charge is 0.503 e.